The zero-order chi connectivity index (χ0) is 10.4. The third-order valence-electron chi connectivity index (χ3n) is 1.82. The van der Waals surface area contributed by atoms with E-state index in [1.54, 1.807) is 0 Å². The van der Waals surface area contributed by atoms with Crippen LogP contribution in [0.2, 0.25) is 0 Å². The van der Waals surface area contributed by atoms with Crippen LogP contribution in [0, 0.1) is 5.82 Å². The normalized spacial score (nSPS) is 10.2. The minimum absolute atomic E-state index is 0.246. The van der Waals surface area contributed by atoms with Crippen LogP contribution in [0.3, 0.4) is 0 Å². The predicted molar refractivity (Wildman–Crippen MR) is 54.9 cm³/mol. The Morgan fingerprint density at radius 1 is 1.29 bits per heavy atom. The highest BCUT2D eigenvalue weighted by Gasteiger charge is 2.00. The second-order valence-corrected chi connectivity index (χ2v) is 3.01. The molecule has 0 aliphatic heterocycles. The van der Waals surface area contributed by atoms with Crippen LogP contribution in [-0.4, -0.2) is 13.2 Å². The maximum atomic E-state index is 13.1. The number of nitrogens with one attached hydrogen (secondary N) is 1. The molecule has 0 aliphatic rings. The lowest BCUT2D eigenvalue weighted by Crippen LogP contribution is -2.12. The summed E-state index contributed by atoms with van der Waals surface area (Å²) in [6.07, 6.45) is 0. The Kier molecular flexibility index (Phi) is 4.40. The van der Waals surface area contributed by atoms with Crippen LogP contribution < -0.4 is 10.1 Å². The highest BCUT2D eigenvalue weighted by atomic mass is 19.1. The fourth-order valence-corrected chi connectivity index (χ4v) is 1.24. The summed E-state index contributed by atoms with van der Waals surface area (Å²) in [5.41, 5.74) is 0.912. The van der Waals surface area contributed by atoms with Gasteiger partial charge in [-0.2, -0.15) is 0 Å². The Bertz CT molecular complexity index is 289. The van der Waals surface area contributed by atoms with Gasteiger partial charge < -0.3 is 10.1 Å². The molecule has 0 atom stereocenters. The van der Waals surface area contributed by atoms with Gasteiger partial charge in [-0.3, -0.25) is 0 Å². The molecule has 0 fully saturated rings. The summed E-state index contributed by atoms with van der Waals surface area (Å²) in [6.45, 7) is 6.01. The highest BCUT2D eigenvalue weighted by molar-refractivity contribution is 5.29. The summed E-state index contributed by atoms with van der Waals surface area (Å²) in [7, 11) is 0. The minimum Gasteiger partial charge on any atom is -0.494 e. The van der Waals surface area contributed by atoms with Crippen LogP contribution >= 0.6 is 0 Å². The summed E-state index contributed by atoms with van der Waals surface area (Å²) in [4.78, 5) is 0. The summed E-state index contributed by atoms with van der Waals surface area (Å²) < 4.78 is 18.3. The number of halogens is 1. The topological polar surface area (TPSA) is 21.3 Å². The summed E-state index contributed by atoms with van der Waals surface area (Å²) in [5.74, 6) is 0.351. The Hall–Kier alpha value is -1.09. The Morgan fingerprint density at radius 2 is 2.07 bits per heavy atom. The van der Waals surface area contributed by atoms with E-state index >= 15 is 0 Å². The third kappa shape index (κ3) is 3.34. The molecular weight excluding hydrogens is 181 g/mol. The Balaban J connectivity index is 2.73. The van der Waals surface area contributed by atoms with Gasteiger partial charge in [-0.25, -0.2) is 4.39 Å². The van der Waals surface area contributed by atoms with Crippen molar-refractivity contribution in [1.29, 1.82) is 0 Å². The molecule has 78 valence electrons. The van der Waals surface area contributed by atoms with Crippen molar-refractivity contribution in [2.45, 2.75) is 20.4 Å². The van der Waals surface area contributed by atoms with Gasteiger partial charge in [-0.15, -0.1) is 0 Å². The molecule has 0 saturated heterocycles. The molecule has 0 bridgehead atoms. The predicted octanol–water partition coefficient (Wildman–Crippen LogP) is 2.33. The zero-order valence-electron chi connectivity index (χ0n) is 8.64. The molecule has 0 aliphatic carbocycles. The van der Waals surface area contributed by atoms with Crippen molar-refractivity contribution in [1.82, 2.24) is 5.32 Å². The van der Waals surface area contributed by atoms with E-state index in [9.17, 15) is 4.39 Å². The van der Waals surface area contributed by atoms with Gasteiger partial charge in [-0.05, 0) is 31.2 Å². The molecule has 0 unspecified atom stereocenters. The fraction of sp³-hybridized carbons (Fsp3) is 0.455. The Labute approximate surface area is 84.1 Å². The molecule has 1 aromatic carbocycles. The molecule has 2 nitrogen and oxygen atoms in total. The molecule has 1 aromatic rings. The van der Waals surface area contributed by atoms with Gasteiger partial charge in [0.05, 0.1) is 6.61 Å². The molecule has 0 amide bonds. The minimum atomic E-state index is -0.246. The Morgan fingerprint density at radius 3 is 2.71 bits per heavy atom. The molecule has 14 heavy (non-hydrogen) atoms. The van der Waals surface area contributed by atoms with Crippen molar-refractivity contribution >= 4 is 0 Å². The van der Waals surface area contributed by atoms with Crippen molar-refractivity contribution in [2.24, 2.45) is 0 Å². The lowest BCUT2D eigenvalue weighted by atomic mass is 10.2. The van der Waals surface area contributed by atoms with Crippen molar-refractivity contribution in [2.75, 3.05) is 13.2 Å². The maximum absolute atomic E-state index is 13.1. The van der Waals surface area contributed by atoms with Crippen LogP contribution in [0.5, 0.6) is 5.75 Å². The van der Waals surface area contributed by atoms with Crippen molar-refractivity contribution in [3.63, 3.8) is 0 Å². The lowest BCUT2D eigenvalue weighted by Gasteiger charge is -2.07. The van der Waals surface area contributed by atoms with E-state index in [0.717, 1.165) is 12.1 Å². The second-order valence-electron chi connectivity index (χ2n) is 3.01. The van der Waals surface area contributed by atoms with E-state index in [4.69, 9.17) is 4.74 Å². The van der Waals surface area contributed by atoms with E-state index in [2.05, 4.69) is 5.32 Å². The van der Waals surface area contributed by atoms with Crippen molar-refractivity contribution in [3.8, 4) is 5.75 Å². The first-order chi connectivity index (χ1) is 6.76. The molecule has 1 N–H and O–H groups in total. The lowest BCUT2D eigenvalue weighted by molar-refractivity contribution is 0.337. The third-order valence-corrected chi connectivity index (χ3v) is 1.82. The smallest absolute Gasteiger partial charge is 0.127 e. The number of hydrogen-bond donors (Lipinski definition) is 1. The summed E-state index contributed by atoms with van der Waals surface area (Å²) in [6, 6.07) is 4.78. The van der Waals surface area contributed by atoms with Crippen LogP contribution in [0.4, 0.5) is 4.39 Å². The second kappa shape index (κ2) is 5.60. The first-order valence-corrected chi connectivity index (χ1v) is 4.89. The van der Waals surface area contributed by atoms with Gasteiger partial charge in [0.25, 0.3) is 0 Å². The maximum Gasteiger partial charge on any atom is 0.127 e. The van der Waals surface area contributed by atoms with Crippen LogP contribution in [0.1, 0.15) is 19.4 Å². The SMILES string of the molecule is CCNCc1cc(F)cc(OCC)c1. The van der Waals surface area contributed by atoms with E-state index < -0.39 is 0 Å². The molecule has 1 rings (SSSR count). The van der Waals surface area contributed by atoms with E-state index in [0.29, 0.717) is 18.9 Å². The van der Waals surface area contributed by atoms with Crippen LogP contribution in [0.25, 0.3) is 0 Å². The fourth-order valence-electron chi connectivity index (χ4n) is 1.24. The number of benzene rings is 1. The molecule has 0 spiro atoms. The molecule has 0 saturated carbocycles. The van der Waals surface area contributed by atoms with Gasteiger partial charge >= 0.3 is 0 Å². The number of rotatable bonds is 5. The molecule has 0 aromatic heterocycles. The van der Waals surface area contributed by atoms with Gasteiger partial charge in [0.1, 0.15) is 11.6 Å². The number of ether oxygens (including phenoxy) is 1. The van der Waals surface area contributed by atoms with E-state index in [1.807, 2.05) is 19.9 Å². The number of hydrogen-bond acceptors (Lipinski definition) is 2. The van der Waals surface area contributed by atoms with E-state index in [-0.39, 0.29) is 5.82 Å². The van der Waals surface area contributed by atoms with E-state index in [1.165, 1.54) is 12.1 Å². The summed E-state index contributed by atoms with van der Waals surface area (Å²) >= 11 is 0. The zero-order valence-corrected chi connectivity index (χ0v) is 8.64. The first-order valence-electron chi connectivity index (χ1n) is 4.89. The van der Waals surface area contributed by atoms with Gasteiger partial charge in [0.15, 0.2) is 0 Å². The first kappa shape index (κ1) is 11.0. The monoisotopic (exact) mass is 197 g/mol. The molecule has 3 heteroatoms. The average Bonchev–Trinajstić information content (AvgIpc) is 2.14. The van der Waals surface area contributed by atoms with Crippen molar-refractivity contribution < 1.29 is 9.13 Å². The van der Waals surface area contributed by atoms with Gasteiger partial charge in [-0.1, -0.05) is 6.92 Å². The van der Waals surface area contributed by atoms with Gasteiger partial charge in [0, 0.05) is 12.6 Å². The van der Waals surface area contributed by atoms with Crippen LogP contribution in [0.15, 0.2) is 18.2 Å². The standard InChI is InChI=1S/C11H16FNO/c1-3-13-8-9-5-10(12)7-11(6-9)14-4-2/h5-7,13H,3-4,8H2,1-2H3. The van der Waals surface area contributed by atoms with Gasteiger partial charge in [0.2, 0.25) is 0 Å². The molecule has 0 radical (unpaired) electrons. The average molecular weight is 197 g/mol. The largest absolute Gasteiger partial charge is 0.494 e. The quantitative estimate of drug-likeness (QED) is 0.782. The molecular formula is C11H16FNO. The molecule has 0 heterocycles. The highest BCUT2D eigenvalue weighted by Crippen LogP contribution is 2.16. The summed E-state index contributed by atoms with van der Waals surface area (Å²) in [5, 5.41) is 3.14. The van der Waals surface area contributed by atoms with Crippen LogP contribution in [-0.2, 0) is 6.54 Å². The van der Waals surface area contributed by atoms with Crippen molar-refractivity contribution in [3.05, 3.63) is 29.6 Å².